The molecule has 0 unspecified atom stereocenters. The third-order valence-electron chi connectivity index (χ3n) is 3.04. The predicted molar refractivity (Wildman–Crippen MR) is 68.4 cm³/mol. The van der Waals surface area contributed by atoms with Crippen molar-refractivity contribution in [1.82, 2.24) is 0 Å². The van der Waals surface area contributed by atoms with Gasteiger partial charge in [0.2, 0.25) is 0 Å². The molecule has 0 aromatic heterocycles. The Balaban J connectivity index is 2.09. The van der Waals surface area contributed by atoms with Crippen LogP contribution in [0.15, 0.2) is 29.3 Å². The van der Waals surface area contributed by atoms with Gasteiger partial charge >= 0.3 is 0 Å². The number of phenolic OH excluding ortho intramolecular Hbond substituents is 1. The predicted octanol–water partition coefficient (Wildman–Crippen LogP) is 2.78. The Bertz CT molecular complexity index is 432. The highest BCUT2D eigenvalue weighted by atomic mass is 16.5. The van der Waals surface area contributed by atoms with Crippen molar-refractivity contribution in [3.05, 3.63) is 29.8 Å². The highest BCUT2D eigenvalue weighted by molar-refractivity contribution is 5.80. The number of aliphatic imine (C=N–C) groups is 1. The Morgan fingerprint density at radius 1 is 1.35 bits per heavy atom. The van der Waals surface area contributed by atoms with Crippen molar-refractivity contribution in [2.24, 2.45) is 10.4 Å². The third-order valence-corrected chi connectivity index (χ3v) is 3.04. The zero-order valence-corrected chi connectivity index (χ0v) is 10.6. The number of hydrogen-bond acceptors (Lipinski definition) is 3. The second-order valence-corrected chi connectivity index (χ2v) is 5.52. The van der Waals surface area contributed by atoms with Gasteiger partial charge in [0.15, 0.2) is 5.90 Å². The van der Waals surface area contributed by atoms with E-state index in [0.717, 1.165) is 11.5 Å². The van der Waals surface area contributed by atoms with E-state index in [0.29, 0.717) is 18.8 Å². The number of para-hydroxylation sites is 1. The molecular weight excluding hydrogens is 214 g/mol. The summed E-state index contributed by atoms with van der Waals surface area (Å²) in [6.07, 6.45) is 0.569. The van der Waals surface area contributed by atoms with Crippen LogP contribution in [-0.2, 0) is 11.2 Å². The summed E-state index contributed by atoms with van der Waals surface area (Å²) in [6.45, 7) is 7.13. The lowest BCUT2D eigenvalue weighted by molar-refractivity contribution is 0.233. The van der Waals surface area contributed by atoms with Gasteiger partial charge in [-0.05, 0) is 11.5 Å². The lowest BCUT2D eigenvalue weighted by Gasteiger charge is -2.21. The zero-order valence-electron chi connectivity index (χ0n) is 10.6. The van der Waals surface area contributed by atoms with Gasteiger partial charge < -0.3 is 9.84 Å². The first kappa shape index (κ1) is 12.0. The van der Waals surface area contributed by atoms with Crippen molar-refractivity contribution >= 4 is 5.90 Å². The van der Waals surface area contributed by atoms with Crippen LogP contribution in [0.25, 0.3) is 0 Å². The van der Waals surface area contributed by atoms with Gasteiger partial charge in [0.1, 0.15) is 12.4 Å². The molecule has 3 heteroatoms. The first-order valence-corrected chi connectivity index (χ1v) is 5.93. The normalized spacial score (nSPS) is 19.9. The highest BCUT2D eigenvalue weighted by Crippen LogP contribution is 2.27. The molecule has 0 aliphatic carbocycles. The van der Waals surface area contributed by atoms with E-state index in [4.69, 9.17) is 4.74 Å². The van der Waals surface area contributed by atoms with Gasteiger partial charge in [-0.25, -0.2) is 4.99 Å². The molecule has 0 spiro atoms. The monoisotopic (exact) mass is 233 g/mol. The number of hydrogen-bond donors (Lipinski definition) is 1. The minimum atomic E-state index is 0.125. The van der Waals surface area contributed by atoms with E-state index in [2.05, 4.69) is 25.8 Å². The Hall–Kier alpha value is -1.51. The number of nitrogens with zero attached hydrogens (tertiary/aromatic N) is 1. The number of aromatic hydroxyl groups is 1. The molecular formula is C14H19NO2. The Morgan fingerprint density at radius 3 is 2.65 bits per heavy atom. The number of ether oxygens (including phenoxy) is 1. The third kappa shape index (κ3) is 2.78. The molecule has 0 bridgehead atoms. The van der Waals surface area contributed by atoms with Crippen molar-refractivity contribution in [2.75, 3.05) is 6.61 Å². The van der Waals surface area contributed by atoms with E-state index in [1.807, 2.05) is 18.2 Å². The summed E-state index contributed by atoms with van der Waals surface area (Å²) in [5.74, 6) is 1.03. The number of benzene rings is 1. The molecule has 0 saturated heterocycles. The Kier molecular flexibility index (Phi) is 3.09. The summed E-state index contributed by atoms with van der Waals surface area (Å²) >= 11 is 0. The molecule has 1 atom stereocenters. The van der Waals surface area contributed by atoms with Gasteiger partial charge in [-0.1, -0.05) is 39.0 Å². The molecule has 0 radical (unpaired) electrons. The summed E-state index contributed by atoms with van der Waals surface area (Å²) in [5.41, 5.74) is 0.987. The molecule has 0 saturated carbocycles. The van der Waals surface area contributed by atoms with Gasteiger partial charge in [0.05, 0.1) is 12.5 Å². The lowest BCUT2D eigenvalue weighted by Crippen LogP contribution is -2.25. The van der Waals surface area contributed by atoms with Crippen LogP contribution in [0, 0.1) is 5.41 Å². The quantitative estimate of drug-likeness (QED) is 0.853. The lowest BCUT2D eigenvalue weighted by atomic mass is 9.88. The van der Waals surface area contributed by atoms with Crippen molar-refractivity contribution in [3.63, 3.8) is 0 Å². The number of phenols is 1. The topological polar surface area (TPSA) is 41.8 Å². The molecule has 1 aromatic rings. The van der Waals surface area contributed by atoms with E-state index in [9.17, 15) is 5.11 Å². The minimum Gasteiger partial charge on any atom is -0.508 e. The van der Waals surface area contributed by atoms with Gasteiger partial charge in [0, 0.05) is 5.56 Å². The molecule has 1 aliphatic heterocycles. The summed E-state index contributed by atoms with van der Waals surface area (Å²) in [4.78, 5) is 4.58. The first-order chi connectivity index (χ1) is 7.97. The molecule has 3 nitrogen and oxygen atoms in total. The average molecular weight is 233 g/mol. The first-order valence-electron chi connectivity index (χ1n) is 5.93. The fourth-order valence-electron chi connectivity index (χ4n) is 1.79. The average Bonchev–Trinajstić information content (AvgIpc) is 2.69. The summed E-state index contributed by atoms with van der Waals surface area (Å²) in [7, 11) is 0. The second-order valence-electron chi connectivity index (χ2n) is 5.52. The molecule has 2 rings (SSSR count). The van der Waals surface area contributed by atoms with Gasteiger partial charge in [0.25, 0.3) is 0 Å². The minimum absolute atomic E-state index is 0.125. The van der Waals surface area contributed by atoms with Crippen LogP contribution in [0.5, 0.6) is 5.75 Å². The van der Waals surface area contributed by atoms with Crippen LogP contribution in [0.4, 0.5) is 0 Å². The highest BCUT2D eigenvalue weighted by Gasteiger charge is 2.30. The maximum atomic E-state index is 9.69. The van der Waals surface area contributed by atoms with Crippen LogP contribution in [0.1, 0.15) is 26.3 Å². The second kappa shape index (κ2) is 4.40. The van der Waals surface area contributed by atoms with E-state index < -0.39 is 0 Å². The van der Waals surface area contributed by atoms with E-state index in [-0.39, 0.29) is 11.5 Å². The molecule has 1 N–H and O–H groups in total. The van der Waals surface area contributed by atoms with Crippen LogP contribution in [0.2, 0.25) is 0 Å². The van der Waals surface area contributed by atoms with Crippen molar-refractivity contribution < 1.29 is 9.84 Å². The van der Waals surface area contributed by atoms with Crippen molar-refractivity contribution in [2.45, 2.75) is 33.2 Å². The van der Waals surface area contributed by atoms with E-state index >= 15 is 0 Å². The summed E-state index contributed by atoms with van der Waals surface area (Å²) in [6, 6.07) is 7.51. The SMILES string of the molecule is CC(C)(C)[C@H]1COC(Cc2ccccc2O)=N1. The number of rotatable bonds is 2. The van der Waals surface area contributed by atoms with Gasteiger partial charge in [-0.2, -0.15) is 0 Å². The molecule has 1 heterocycles. The van der Waals surface area contributed by atoms with Gasteiger partial charge in [-0.3, -0.25) is 0 Å². The van der Waals surface area contributed by atoms with E-state index in [1.54, 1.807) is 6.07 Å². The maximum Gasteiger partial charge on any atom is 0.188 e. The van der Waals surface area contributed by atoms with Crippen LogP contribution in [0.3, 0.4) is 0 Å². The van der Waals surface area contributed by atoms with Crippen LogP contribution in [-0.4, -0.2) is 23.7 Å². The zero-order chi connectivity index (χ0) is 12.5. The Labute approximate surface area is 102 Å². The van der Waals surface area contributed by atoms with Crippen LogP contribution >= 0.6 is 0 Å². The molecule has 1 aromatic carbocycles. The fourth-order valence-corrected chi connectivity index (χ4v) is 1.79. The molecule has 0 fully saturated rings. The van der Waals surface area contributed by atoms with Crippen LogP contribution < -0.4 is 0 Å². The Morgan fingerprint density at radius 2 is 2.06 bits per heavy atom. The molecule has 1 aliphatic rings. The molecule has 0 amide bonds. The van der Waals surface area contributed by atoms with Crippen molar-refractivity contribution in [1.29, 1.82) is 0 Å². The van der Waals surface area contributed by atoms with E-state index in [1.165, 1.54) is 0 Å². The van der Waals surface area contributed by atoms with Gasteiger partial charge in [-0.15, -0.1) is 0 Å². The largest absolute Gasteiger partial charge is 0.508 e. The maximum absolute atomic E-state index is 9.69. The molecule has 17 heavy (non-hydrogen) atoms. The molecule has 92 valence electrons. The fraction of sp³-hybridized carbons (Fsp3) is 0.500. The van der Waals surface area contributed by atoms with Crippen molar-refractivity contribution in [3.8, 4) is 5.75 Å². The standard InChI is InChI=1S/C14H19NO2/c1-14(2,3)12-9-17-13(15-12)8-10-6-4-5-7-11(10)16/h4-7,12,16H,8-9H2,1-3H3/t12-/m1/s1. The summed E-state index contributed by atoms with van der Waals surface area (Å²) < 4.78 is 5.59. The smallest absolute Gasteiger partial charge is 0.188 e. The summed E-state index contributed by atoms with van der Waals surface area (Å²) in [5, 5.41) is 9.69.